The second-order valence-electron chi connectivity index (χ2n) is 11.6. The predicted molar refractivity (Wildman–Crippen MR) is 188 cm³/mol. The van der Waals surface area contributed by atoms with Crippen molar-refractivity contribution < 1.29 is 107 Å². The average Bonchev–Trinajstić information content (AvgIpc) is 3.21. The fraction of sp³-hybridized carbons (Fsp3) is 0.444. The summed E-state index contributed by atoms with van der Waals surface area (Å²) in [5, 5.41) is 33.0. The van der Waals surface area contributed by atoms with Crippen LogP contribution in [0.1, 0.15) is 72.1 Å². The number of nitrogens with zero attached hydrogens (tertiary/aromatic N) is 2. The number of hydrogen-bond acceptors (Lipinski definition) is 24. The molecule has 0 saturated carbocycles. The van der Waals surface area contributed by atoms with Gasteiger partial charge in [0.05, 0.1) is 24.0 Å². The fourth-order valence-electron chi connectivity index (χ4n) is 4.35. The van der Waals surface area contributed by atoms with Gasteiger partial charge in [-0.1, -0.05) is 37.1 Å². The lowest BCUT2D eigenvalue weighted by Crippen LogP contribution is -2.24. The van der Waals surface area contributed by atoms with Gasteiger partial charge in [-0.15, -0.1) is 0 Å². The van der Waals surface area contributed by atoms with Gasteiger partial charge in [0.25, 0.3) is 0 Å². The third-order valence-corrected chi connectivity index (χ3v) is 7.08. The van der Waals surface area contributed by atoms with E-state index in [4.69, 9.17) is 49.3 Å². The highest BCUT2D eigenvalue weighted by Crippen LogP contribution is 2.21. The number of carbonyl (C=O) groups is 8. The summed E-state index contributed by atoms with van der Waals surface area (Å²) in [5.41, 5.74) is -0.336. The molecular weight excluding hydrogens is 812 g/mol. The summed E-state index contributed by atoms with van der Waals surface area (Å²) in [6.45, 7) is -4.53. The van der Waals surface area contributed by atoms with Crippen LogP contribution in [0.25, 0.3) is 0 Å². The van der Waals surface area contributed by atoms with Gasteiger partial charge in [-0.3, -0.25) is 40.1 Å². The van der Waals surface area contributed by atoms with Crippen LogP contribution in [0.2, 0.25) is 0 Å². The molecule has 330 valence electrons. The molecule has 0 fully saturated rings. The monoisotopic (exact) mass is 856 g/mol. The second-order valence-corrected chi connectivity index (χ2v) is 11.6. The molecule has 0 amide bonds. The molecule has 2 aromatic carbocycles. The summed E-state index contributed by atoms with van der Waals surface area (Å²) in [5.74, 6) is -7.98. The molecule has 0 bridgehead atoms. The molecule has 24 nitrogen and oxygen atoms in total. The molecule has 2 rings (SSSR count). The number of rotatable bonds is 29. The van der Waals surface area contributed by atoms with E-state index >= 15 is 0 Å². The molecule has 0 heterocycles. The maximum absolute atomic E-state index is 12.5. The van der Waals surface area contributed by atoms with E-state index in [1.54, 1.807) is 0 Å². The van der Waals surface area contributed by atoms with Gasteiger partial charge >= 0.3 is 47.8 Å². The lowest BCUT2D eigenvalue weighted by atomic mass is 10.2. The molecule has 0 spiro atoms. The van der Waals surface area contributed by atoms with Crippen molar-refractivity contribution in [3.05, 3.63) is 59.7 Å². The van der Waals surface area contributed by atoms with Crippen molar-refractivity contribution in [3.63, 3.8) is 0 Å². The van der Waals surface area contributed by atoms with E-state index in [0.717, 1.165) is 0 Å². The molecule has 24 heteroatoms. The van der Waals surface area contributed by atoms with Crippen molar-refractivity contribution in [1.82, 2.24) is 10.8 Å². The largest absolute Gasteiger partial charge is 0.460 e. The number of carbonyl (C=O) groups excluding carboxylic acids is 8. The number of benzene rings is 2. The quantitative estimate of drug-likeness (QED) is 0.0298. The molecule has 2 aromatic rings. The second kappa shape index (κ2) is 29.1. The number of hydrogen-bond donors (Lipinski definition) is 4. The van der Waals surface area contributed by atoms with Gasteiger partial charge in [0, 0.05) is 12.8 Å². The Morgan fingerprint density at radius 3 is 1.13 bits per heavy atom. The molecule has 0 aromatic heterocycles. The Hall–Kier alpha value is -6.12. The summed E-state index contributed by atoms with van der Waals surface area (Å²) in [6.07, 6.45) is 2.59. The maximum Gasteiger partial charge on any atom is 0.344 e. The molecule has 0 saturated heterocycles. The van der Waals surface area contributed by atoms with Crippen LogP contribution in [0, 0.1) is 0 Å². The topological polar surface area (TPSA) is 316 Å². The minimum absolute atomic E-state index is 0.0118. The molecule has 0 unspecified atom stereocenters. The molecule has 0 radical (unpaired) electrons. The number of esters is 8. The first-order chi connectivity index (χ1) is 28.7. The first kappa shape index (κ1) is 50.0. The van der Waals surface area contributed by atoms with Crippen LogP contribution in [0.5, 0.6) is 11.5 Å². The smallest absolute Gasteiger partial charge is 0.344 e. The van der Waals surface area contributed by atoms with Gasteiger partial charge < -0.3 is 37.9 Å². The summed E-state index contributed by atoms with van der Waals surface area (Å²) < 4.78 is 39.1. The van der Waals surface area contributed by atoms with Crippen LogP contribution in [-0.4, -0.2) is 132 Å². The maximum atomic E-state index is 12.5. The number of para-hydroxylation sites is 2. The van der Waals surface area contributed by atoms with Crippen molar-refractivity contribution in [2.24, 2.45) is 0 Å². The molecule has 0 atom stereocenters. The first-order valence-corrected chi connectivity index (χ1v) is 17.9. The highest BCUT2D eigenvalue weighted by molar-refractivity contribution is 5.95. The minimum Gasteiger partial charge on any atom is -0.460 e. The van der Waals surface area contributed by atoms with E-state index in [0.29, 0.717) is 38.5 Å². The Morgan fingerprint density at radius 2 is 0.750 bits per heavy atom. The normalized spacial score (nSPS) is 10.7. The fourth-order valence-corrected chi connectivity index (χ4v) is 4.35. The molecule has 0 aliphatic carbocycles. The van der Waals surface area contributed by atoms with E-state index in [9.17, 15) is 38.4 Å². The van der Waals surface area contributed by atoms with E-state index in [1.165, 1.54) is 48.5 Å². The molecule has 0 aliphatic heterocycles. The SMILES string of the molecule is O=C(COC(=O)COC(=O)c1ccccc1OC(=O)CCCCCON(O)O)OCCOC(=O)COC(=O)COC(=O)c1ccccc1OC(=O)CCCCCON(O)O. The van der Waals surface area contributed by atoms with Crippen LogP contribution in [0.15, 0.2) is 48.5 Å². The van der Waals surface area contributed by atoms with E-state index in [1.807, 2.05) is 0 Å². The molecular formula is C36H44N2O22. The average molecular weight is 857 g/mol. The Bertz CT molecular complexity index is 1590. The van der Waals surface area contributed by atoms with Crippen molar-refractivity contribution >= 4 is 47.8 Å². The molecule has 0 aliphatic rings. The zero-order chi connectivity index (χ0) is 44.1. The van der Waals surface area contributed by atoms with Crippen molar-refractivity contribution in [2.45, 2.75) is 51.4 Å². The van der Waals surface area contributed by atoms with E-state index in [2.05, 4.69) is 19.1 Å². The lowest BCUT2D eigenvalue weighted by molar-refractivity contribution is -0.492. The molecule has 4 N–H and O–H groups in total. The summed E-state index contributed by atoms with van der Waals surface area (Å²) >= 11 is 0. The Labute approximate surface area is 340 Å². The van der Waals surface area contributed by atoms with Gasteiger partial charge in [0.2, 0.25) is 0 Å². The summed E-state index contributed by atoms with van der Waals surface area (Å²) in [4.78, 5) is 106. The minimum atomic E-state index is -1.12. The van der Waals surface area contributed by atoms with Crippen LogP contribution < -0.4 is 9.47 Å². The van der Waals surface area contributed by atoms with Crippen molar-refractivity contribution in [1.29, 1.82) is 0 Å². The van der Waals surface area contributed by atoms with E-state index < -0.39 is 98.2 Å². The number of unbranched alkanes of at least 4 members (excludes halogenated alkanes) is 4. The van der Waals surface area contributed by atoms with E-state index in [-0.39, 0.29) is 48.7 Å². The van der Waals surface area contributed by atoms with Gasteiger partial charge in [-0.05, 0) is 49.9 Å². The van der Waals surface area contributed by atoms with Gasteiger partial charge in [-0.25, -0.2) is 28.8 Å². The summed E-state index contributed by atoms with van der Waals surface area (Å²) in [7, 11) is 0. The summed E-state index contributed by atoms with van der Waals surface area (Å²) in [6, 6.07) is 11.2. The third-order valence-electron chi connectivity index (χ3n) is 7.08. The lowest BCUT2D eigenvalue weighted by Gasteiger charge is -2.11. The highest BCUT2D eigenvalue weighted by atomic mass is 17.1. The van der Waals surface area contributed by atoms with Gasteiger partial charge in [-0.2, -0.15) is 0 Å². The highest BCUT2D eigenvalue weighted by Gasteiger charge is 2.20. The molecule has 60 heavy (non-hydrogen) atoms. The Balaban J connectivity index is 1.59. The zero-order valence-electron chi connectivity index (χ0n) is 32.0. The van der Waals surface area contributed by atoms with Crippen LogP contribution in [0.3, 0.4) is 0 Å². The van der Waals surface area contributed by atoms with Crippen molar-refractivity contribution in [3.8, 4) is 11.5 Å². The van der Waals surface area contributed by atoms with Crippen LogP contribution in [0.4, 0.5) is 0 Å². The zero-order valence-corrected chi connectivity index (χ0v) is 32.0. The standard InChI is InChI=1S/C36H44N2O22/c39-29(15-3-1-9-17-57-37(47)48)59-27-13-7-5-11-25(27)35(45)55-23-33(43)53-21-31(41)51-19-20-52-32(42)22-54-34(44)24-56-36(46)26-12-6-8-14-28(26)60-30(40)16-4-2-10-18-58-38(49)50/h5-8,11-14,47-50H,1-4,9-10,15-24H2. The third kappa shape index (κ3) is 22.7. The van der Waals surface area contributed by atoms with Crippen LogP contribution >= 0.6 is 0 Å². The van der Waals surface area contributed by atoms with Crippen molar-refractivity contribution in [2.75, 3.05) is 52.9 Å². The Morgan fingerprint density at radius 1 is 0.400 bits per heavy atom. The first-order valence-electron chi connectivity index (χ1n) is 17.9. The Kier molecular flexibility index (Phi) is 24.3. The van der Waals surface area contributed by atoms with Gasteiger partial charge in [0.1, 0.15) is 35.8 Å². The number of ether oxygens (including phenoxy) is 8. The predicted octanol–water partition coefficient (Wildman–Crippen LogP) is 1.83. The van der Waals surface area contributed by atoms with Gasteiger partial charge in [0.15, 0.2) is 26.4 Å². The van der Waals surface area contributed by atoms with Crippen LogP contribution in [-0.2, 0) is 66.9 Å².